The number of amides is 1. The third kappa shape index (κ3) is 2.30. The number of nitrogens with zero attached hydrogens (tertiary/aromatic N) is 1. The number of hydrogen-bond donors (Lipinski definition) is 0. The Morgan fingerprint density at radius 3 is 2.70 bits per heavy atom. The van der Waals surface area contributed by atoms with E-state index in [2.05, 4.69) is 0 Å². The third-order valence-corrected chi connectivity index (χ3v) is 4.38. The van der Waals surface area contributed by atoms with Gasteiger partial charge in [-0.25, -0.2) is 0 Å². The van der Waals surface area contributed by atoms with Crippen LogP contribution in [0.2, 0.25) is 0 Å². The minimum atomic E-state index is -0.182. The highest BCUT2D eigenvalue weighted by Crippen LogP contribution is 2.36. The van der Waals surface area contributed by atoms with Crippen LogP contribution in [0.5, 0.6) is 5.75 Å². The Labute approximate surface area is 118 Å². The molecule has 20 heavy (non-hydrogen) atoms. The van der Waals surface area contributed by atoms with E-state index >= 15 is 0 Å². The largest absolute Gasteiger partial charge is 0.497 e. The number of methoxy groups -OCH3 is 1. The molecule has 2 fully saturated rings. The summed E-state index contributed by atoms with van der Waals surface area (Å²) in [5.41, 5.74) is 1.04. The van der Waals surface area contributed by atoms with E-state index in [0.717, 1.165) is 24.2 Å². The molecule has 0 N–H and O–H groups in total. The first-order chi connectivity index (χ1) is 9.69. The number of carbonyl (C=O) groups excluding carboxylic acids is 2. The van der Waals surface area contributed by atoms with Gasteiger partial charge < -0.3 is 9.64 Å². The average molecular weight is 273 g/mol. The average Bonchev–Trinajstić information content (AvgIpc) is 2.77. The highest BCUT2D eigenvalue weighted by atomic mass is 16.5. The Morgan fingerprint density at radius 2 is 2.00 bits per heavy atom. The third-order valence-electron chi connectivity index (χ3n) is 4.38. The number of rotatable bonds is 3. The van der Waals surface area contributed by atoms with Gasteiger partial charge in [-0.05, 0) is 36.5 Å². The van der Waals surface area contributed by atoms with Crippen LogP contribution in [0.1, 0.15) is 31.2 Å². The predicted molar refractivity (Wildman–Crippen MR) is 74.3 cm³/mol. The second-order valence-corrected chi connectivity index (χ2v) is 5.64. The summed E-state index contributed by atoms with van der Waals surface area (Å²) in [6.45, 7) is 0.524. The molecular weight excluding hydrogens is 254 g/mol. The van der Waals surface area contributed by atoms with Gasteiger partial charge in [-0.2, -0.15) is 0 Å². The minimum absolute atomic E-state index is 0.117. The molecule has 0 unspecified atom stereocenters. The highest BCUT2D eigenvalue weighted by Gasteiger charge is 2.45. The summed E-state index contributed by atoms with van der Waals surface area (Å²) in [5.74, 6) is 1.39. The first-order valence-corrected chi connectivity index (χ1v) is 7.14. The molecule has 1 saturated heterocycles. The monoisotopic (exact) mass is 273 g/mol. The van der Waals surface area contributed by atoms with Gasteiger partial charge in [-0.15, -0.1) is 0 Å². The SMILES string of the molecule is COc1ccc(CN2C(=O)C[C@@H]3CCCC(=O)[C@H]32)cc1. The molecule has 1 aromatic carbocycles. The molecule has 0 bridgehead atoms. The molecule has 1 aliphatic carbocycles. The standard InChI is InChI=1S/C16H19NO3/c1-20-13-7-5-11(6-8-13)10-17-15(19)9-12-3-2-4-14(18)16(12)17/h5-8,12,16H,2-4,9-10H2,1H3/t12-,16-/m0/s1. The maximum Gasteiger partial charge on any atom is 0.223 e. The van der Waals surface area contributed by atoms with Gasteiger partial charge in [-0.3, -0.25) is 9.59 Å². The summed E-state index contributed by atoms with van der Waals surface area (Å²) in [7, 11) is 1.63. The number of Topliss-reactive ketones (excluding diaryl/α,β-unsaturated/α-hetero) is 1. The van der Waals surface area contributed by atoms with E-state index in [1.807, 2.05) is 24.3 Å². The summed E-state index contributed by atoms with van der Waals surface area (Å²) in [4.78, 5) is 26.0. The van der Waals surface area contributed by atoms with Crippen LogP contribution in [0.4, 0.5) is 0 Å². The van der Waals surface area contributed by atoms with Gasteiger partial charge >= 0.3 is 0 Å². The van der Waals surface area contributed by atoms with E-state index in [-0.39, 0.29) is 23.7 Å². The zero-order valence-corrected chi connectivity index (χ0v) is 11.7. The van der Waals surface area contributed by atoms with Crippen molar-refractivity contribution in [3.05, 3.63) is 29.8 Å². The van der Waals surface area contributed by atoms with E-state index in [1.54, 1.807) is 12.0 Å². The van der Waals surface area contributed by atoms with Crippen LogP contribution in [-0.2, 0) is 16.1 Å². The molecule has 1 aliphatic heterocycles. The van der Waals surface area contributed by atoms with E-state index in [0.29, 0.717) is 19.4 Å². The van der Waals surface area contributed by atoms with Crippen LogP contribution in [0.25, 0.3) is 0 Å². The number of benzene rings is 1. The molecule has 2 atom stereocenters. The molecule has 2 aliphatic rings. The van der Waals surface area contributed by atoms with Crippen LogP contribution in [0.15, 0.2) is 24.3 Å². The minimum Gasteiger partial charge on any atom is -0.497 e. The first-order valence-electron chi connectivity index (χ1n) is 7.14. The molecular formula is C16H19NO3. The van der Waals surface area contributed by atoms with Gasteiger partial charge in [0.05, 0.1) is 13.2 Å². The Hall–Kier alpha value is -1.84. The predicted octanol–water partition coefficient (Wildman–Crippen LogP) is 2.17. The van der Waals surface area contributed by atoms with E-state index in [1.165, 1.54) is 0 Å². The van der Waals surface area contributed by atoms with Gasteiger partial charge in [0.1, 0.15) is 5.75 Å². The fourth-order valence-electron chi connectivity index (χ4n) is 3.36. The summed E-state index contributed by atoms with van der Waals surface area (Å²) in [6.07, 6.45) is 3.09. The number of carbonyl (C=O) groups is 2. The van der Waals surface area contributed by atoms with Crippen molar-refractivity contribution in [1.82, 2.24) is 4.90 Å². The summed E-state index contributed by atoms with van der Waals surface area (Å²) in [5, 5.41) is 0. The molecule has 1 saturated carbocycles. The molecule has 1 amide bonds. The topological polar surface area (TPSA) is 46.6 Å². The van der Waals surface area contributed by atoms with Crippen molar-refractivity contribution < 1.29 is 14.3 Å². The maximum absolute atomic E-state index is 12.2. The van der Waals surface area contributed by atoms with Crippen LogP contribution in [0, 0.1) is 5.92 Å². The molecule has 106 valence electrons. The van der Waals surface area contributed by atoms with Gasteiger partial charge in [0.25, 0.3) is 0 Å². The van der Waals surface area contributed by atoms with Crippen LogP contribution < -0.4 is 4.74 Å². The van der Waals surface area contributed by atoms with E-state index in [9.17, 15) is 9.59 Å². The number of fused-ring (bicyclic) bond motifs is 1. The lowest BCUT2D eigenvalue weighted by molar-refractivity contribution is -0.135. The Bertz CT molecular complexity index is 523. The Kier molecular flexibility index (Phi) is 3.47. The molecule has 4 nitrogen and oxygen atoms in total. The molecule has 3 rings (SSSR count). The van der Waals surface area contributed by atoms with Crippen LogP contribution in [0.3, 0.4) is 0 Å². The second kappa shape index (κ2) is 5.27. The van der Waals surface area contributed by atoms with Crippen molar-refractivity contribution in [2.24, 2.45) is 5.92 Å². The van der Waals surface area contributed by atoms with Crippen molar-refractivity contribution in [2.75, 3.05) is 7.11 Å². The van der Waals surface area contributed by atoms with Gasteiger partial charge in [0.2, 0.25) is 5.91 Å². The lowest BCUT2D eigenvalue weighted by Gasteiger charge is -2.30. The van der Waals surface area contributed by atoms with Gasteiger partial charge in [-0.1, -0.05) is 12.1 Å². The van der Waals surface area contributed by atoms with Crippen molar-refractivity contribution in [3.8, 4) is 5.75 Å². The zero-order valence-electron chi connectivity index (χ0n) is 11.7. The van der Waals surface area contributed by atoms with Crippen LogP contribution in [-0.4, -0.2) is 29.7 Å². The summed E-state index contributed by atoms with van der Waals surface area (Å²) >= 11 is 0. The fraction of sp³-hybridized carbons (Fsp3) is 0.500. The van der Waals surface area contributed by atoms with Crippen molar-refractivity contribution in [1.29, 1.82) is 0 Å². The number of likely N-dealkylation sites (tertiary alicyclic amines) is 1. The normalized spacial score (nSPS) is 25.8. The molecule has 4 heteroatoms. The lowest BCUT2D eigenvalue weighted by atomic mass is 9.84. The number of hydrogen-bond acceptors (Lipinski definition) is 3. The summed E-state index contributed by atoms with van der Waals surface area (Å²) in [6, 6.07) is 7.49. The van der Waals surface area contributed by atoms with E-state index < -0.39 is 0 Å². The quantitative estimate of drug-likeness (QED) is 0.848. The van der Waals surface area contributed by atoms with Crippen molar-refractivity contribution in [2.45, 2.75) is 38.3 Å². The Balaban J connectivity index is 1.77. The van der Waals surface area contributed by atoms with Gasteiger partial charge in [0.15, 0.2) is 5.78 Å². The molecule has 1 heterocycles. The van der Waals surface area contributed by atoms with Crippen LogP contribution >= 0.6 is 0 Å². The number of ketones is 1. The second-order valence-electron chi connectivity index (χ2n) is 5.64. The van der Waals surface area contributed by atoms with Gasteiger partial charge in [0, 0.05) is 19.4 Å². The fourth-order valence-corrected chi connectivity index (χ4v) is 3.36. The zero-order chi connectivity index (χ0) is 14.1. The molecule has 0 spiro atoms. The maximum atomic E-state index is 12.2. The summed E-state index contributed by atoms with van der Waals surface area (Å²) < 4.78 is 5.13. The molecule has 1 aromatic rings. The lowest BCUT2D eigenvalue weighted by Crippen LogP contribution is -2.42. The Morgan fingerprint density at radius 1 is 1.25 bits per heavy atom. The number of ether oxygens (including phenoxy) is 1. The first kappa shape index (κ1) is 13.2. The van der Waals surface area contributed by atoms with Crippen molar-refractivity contribution in [3.63, 3.8) is 0 Å². The molecule has 0 radical (unpaired) electrons. The molecule has 0 aromatic heterocycles. The van der Waals surface area contributed by atoms with Crippen molar-refractivity contribution >= 4 is 11.7 Å². The smallest absolute Gasteiger partial charge is 0.223 e. The van der Waals surface area contributed by atoms with E-state index in [4.69, 9.17) is 4.74 Å². The highest BCUT2D eigenvalue weighted by molar-refractivity contribution is 5.93.